The molecule has 0 atom stereocenters. The summed E-state index contributed by atoms with van der Waals surface area (Å²) in [5.74, 6) is -2.59. The number of hydrogen-bond donors (Lipinski definition) is 0. The lowest BCUT2D eigenvalue weighted by Crippen LogP contribution is -2.34. The highest BCUT2D eigenvalue weighted by molar-refractivity contribution is 7.89. The number of rotatable bonds is 6. The maximum Gasteiger partial charge on any atom is 0.246 e. The summed E-state index contributed by atoms with van der Waals surface area (Å²) in [5, 5.41) is 0. The first-order chi connectivity index (χ1) is 9.41. The smallest absolute Gasteiger partial charge is 0.207 e. The standard InChI is InChI=1S/C13H16ClF2NO2S/c1-2-5-17(10-3-4-10)20(18,19)12-7-9(8-14)6-11(15)13(12)16/h6-7,10H,2-5,8H2,1H3. The molecule has 0 radical (unpaired) electrons. The minimum Gasteiger partial charge on any atom is -0.207 e. The first kappa shape index (κ1) is 15.7. The summed E-state index contributed by atoms with van der Waals surface area (Å²) >= 11 is 5.59. The summed E-state index contributed by atoms with van der Waals surface area (Å²) in [5.41, 5.74) is 0.247. The molecule has 0 heterocycles. The maximum absolute atomic E-state index is 13.9. The van der Waals surface area contributed by atoms with E-state index in [1.54, 1.807) is 0 Å². The number of benzene rings is 1. The minimum atomic E-state index is -4.03. The van der Waals surface area contributed by atoms with Crippen molar-refractivity contribution in [3.8, 4) is 0 Å². The van der Waals surface area contributed by atoms with Crippen molar-refractivity contribution in [1.82, 2.24) is 4.31 Å². The molecule has 0 aliphatic heterocycles. The highest BCUT2D eigenvalue weighted by atomic mass is 35.5. The first-order valence-corrected chi connectivity index (χ1v) is 8.45. The van der Waals surface area contributed by atoms with Crippen molar-refractivity contribution < 1.29 is 17.2 Å². The van der Waals surface area contributed by atoms with Crippen LogP contribution in [0.4, 0.5) is 8.78 Å². The second-order valence-corrected chi connectivity index (χ2v) is 7.00. The fourth-order valence-corrected chi connectivity index (χ4v) is 4.15. The molecule has 0 aromatic heterocycles. The summed E-state index contributed by atoms with van der Waals surface area (Å²) in [6, 6.07) is 1.94. The fraction of sp³-hybridized carbons (Fsp3) is 0.538. The Kier molecular flexibility index (Phi) is 4.66. The Bertz CT molecular complexity index is 603. The summed E-state index contributed by atoms with van der Waals surface area (Å²) in [4.78, 5) is -0.617. The quantitative estimate of drug-likeness (QED) is 0.753. The Morgan fingerprint density at radius 2 is 2.00 bits per heavy atom. The molecule has 7 heteroatoms. The van der Waals surface area contributed by atoms with Gasteiger partial charge in [-0.25, -0.2) is 17.2 Å². The molecule has 0 N–H and O–H groups in total. The van der Waals surface area contributed by atoms with E-state index in [1.807, 2.05) is 6.92 Å². The number of sulfonamides is 1. The topological polar surface area (TPSA) is 37.4 Å². The highest BCUT2D eigenvalue weighted by Crippen LogP contribution is 2.33. The van der Waals surface area contributed by atoms with E-state index in [0.29, 0.717) is 13.0 Å². The zero-order valence-electron chi connectivity index (χ0n) is 11.1. The van der Waals surface area contributed by atoms with Gasteiger partial charge in [0.15, 0.2) is 11.6 Å². The van der Waals surface area contributed by atoms with Crippen molar-refractivity contribution >= 4 is 21.6 Å². The lowest BCUT2D eigenvalue weighted by Gasteiger charge is -2.22. The van der Waals surface area contributed by atoms with Gasteiger partial charge in [0.1, 0.15) is 4.90 Å². The first-order valence-electron chi connectivity index (χ1n) is 6.47. The predicted octanol–water partition coefficient (Wildman–Crippen LogP) is 3.27. The molecule has 20 heavy (non-hydrogen) atoms. The van der Waals surface area contributed by atoms with Crippen molar-refractivity contribution in [1.29, 1.82) is 0 Å². The van der Waals surface area contributed by atoms with Crippen molar-refractivity contribution in [2.45, 2.75) is 43.0 Å². The average Bonchev–Trinajstić information content (AvgIpc) is 3.22. The predicted molar refractivity (Wildman–Crippen MR) is 73.1 cm³/mol. The van der Waals surface area contributed by atoms with Gasteiger partial charge in [-0.2, -0.15) is 4.31 Å². The monoisotopic (exact) mass is 323 g/mol. The van der Waals surface area contributed by atoms with E-state index in [0.717, 1.165) is 25.0 Å². The van der Waals surface area contributed by atoms with E-state index in [1.165, 1.54) is 4.31 Å². The van der Waals surface area contributed by atoms with Crippen LogP contribution in [-0.4, -0.2) is 25.3 Å². The van der Waals surface area contributed by atoms with Gasteiger partial charge in [0, 0.05) is 18.5 Å². The van der Waals surface area contributed by atoms with Gasteiger partial charge in [-0.3, -0.25) is 0 Å². The van der Waals surface area contributed by atoms with E-state index >= 15 is 0 Å². The molecule has 1 aromatic carbocycles. The molecule has 1 fully saturated rings. The Morgan fingerprint density at radius 1 is 1.35 bits per heavy atom. The summed E-state index contributed by atoms with van der Waals surface area (Å²) in [6.45, 7) is 2.15. The zero-order chi connectivity index (χ0) is 14.9. The van der Waals surface area contributed by atoms with Crippen molar-refractivity contribution in [2.75, 3.05) is 6.54 Å². The van der Waals surface area contributed by atoms with E-state index in [4.69, 9.17) is 11.6 Å². The third-order valence-corrected chi connectivity index (χ3v) is 5.45. The molecule has 112 valence electrons. The maximum atomic E-state index is 13.9. The second-order valence-electron chi connectivity index (χ2n) is 4.87. The molecule has 1 aliphatic rings. The van der Waals surface area contributed by atoms with Gasteiger partial charge in [0.25, 0.3) is 0 Å². The van der Waals surface area contributed by atoms with Gasteiger partial charge < -0.3 is 0 Å². The van der Waals surface area contributed by atoms with E-state index in [9.17, 15) is 17.2 Å². The van der Waals surface area contributed by atoms with E-state index < -0.39 is 26.6 Å². The normalized spacial score (nSPS) is 15.8. The fourth-order valence-electron chi connectivity index (χ4n) is 2.09. The van der Waals surface area contributed by atoms with Crippen LogP contribution in [0.1, 0.15) is 31.7 Å². The molecular formula is C13H16ClF2NO2S. The van der Waals surface area contributed by atoms with Crippen molar-refractivity contribution in [3.63, 3.8) is 0 Å². The number of nitrogens with zero attached hydrogens (tertiary/aromatic N) is 1. The molecule has 0 spiro atoms. The highest BCUT2D eigenvalue weighted by Gasteiger charge is 2.39. The summed E-state index contributed by atoms with van der Waals surface area (Å²) in [7, 11) is -4.03. The molecule has 0 unspecified atom stereocenters. The molecule has 3 nitrogen and oxygen atoms in total. The van der Waals surface area contributed by atoms with Crippen molar-refractivity contribution in [2.24, 2.45) is 0 Å². The second kappa shape index (κ2) is 5.95. The molecule has 0 amide bonds. The van der Waals surface area contributed by atoms with Crippen LogP contribution in [-0.2, 0) is 15.9 Å². The SMILES string of the molecule is CCCN(C1CC1)S(=O)(=O)c1cc(CCl)cc(F)c1F. The summed E-state index contributed by atoms with van der Waals surface area (Å²) in [6.07, 6.45) is 2.14. The van der Waals surface area contributed by atoms with Crippen LogP contribution in [0.3, 0.4) is 0 Å². The van der Waals surface area contributed by atoms with Gasteiger partial charge >= 0.3 is 0 Å². The van der Waals surface area contributed by atoms with Gasteiger partial charge in [-0.05, 0) is 37.0 Å². The van der Waals surface area contributed by atoms with Crippen LogP contribution in [0.15, 0.2) is 17.0 Å². The molecule has 0 bridgehead atoms. The largest absolute Gasteiger partial charge is 0.246 e. The number of hydrogen-bond acceptors (Lipinski definition) is 2. The van der Waals surface area contributed by atoms with Crippen LogP contribution >= 0.6 is 11.6 Å². The average molecular weight is 324 g/mol. The van der Waals surface area contributed by atoms with Gasteiger partial charge in [-0.15, -0.1) is 11.6 Å². The third kappa shape index (κ3) is 2.97. The molecule has 1 aromatic rings. The van der Waals surface area contributed by atoms with Crippen LogP contribution in [0.5, 0.6) is 0 Å². The zero-order valence-corrected chi connectivity index (χ0v) is 12.6. The Balaban J connectivity index is 2.49. The lowest BCUT2D eigenvalue weighted by molar-refractivity contribution is 0.396. The van der Waals surface area contributed by atoms with E-state index in [-0.39, 0.29) is 17.5 Å². The Labute approximate surface area is 122 Å². The number of halogens is 3. The summed E-state index contributed by atoms with van der Waals surface area (Å²) < 4.78 is 53.7. The van der Waals surface area contributed by atoms with Crippen LogP contribution in [0, 0.1) is 11.6 Å². The third-order valence-electron chi connectivity index (χ3n) is 3.19. The molecule has 0 saturated heterocycles. The molecule has 1 aliphatic carbocycles. The lowest BCUT2D eigenvalue weighted by atomic mass is 10.2. The molecule has 2 rings (SSSR count). The Hall–Kier alpha value is -0.720. The minimum absolute atomic E-state index is 0.0725. The Morgan fingerprint density at radius 3 is 2.50 bits per heavy atom. The molecular weight excluding hydrogens is 308 g/mol. The van der Waals surface area contributed by atoms with Crippen LogP contribution in [0.2, 0.25) is 0 Å². The molecule has 1 saturated carbocycles. The van der Waals surface area contributed by atoms with E-state index in [2.05, 4.69) is 0 Å². The van der Waals surface area contributed by atoms with Crippen molar-refractivity contribution in [3.05, 3.63) is 29.3 Å². The van der Waals surface area contributed by atoms with Crippen LogP contribution < -0.4 is 0 Å². The van der Waals surface area contributed by atoms with Crippen LogP contribution in [0.25, 0.3) is 0 Å². The van der Waals surface area contributed by atoms with Gasteiger partial charge in [-0.1, -0.05) is 6.92 Å². The van der Waals surface area contributed by atoms with Gasteiger partial charge in [0.05, 0.1) is 0 Å². The number of alkyl halides is 1. The van der Waals surface area contributed by atoms with Gasteiger partial charge in [0.2, 0.25) is 10.0 Å².